The summed E-state index contributed by atoms with van der Waals surface area (Å²) < 4.78 is 0. The van der Waals surface area contributed by atoms with E-state index >= 15 is 0 Å². The van der Waals surface area contributed by atoms with E-state index in [0.29, 0.717) is 24.2 Å². The minimum atomic E-state index is 0.266. The second-order valence-electron chi connectivity index (χ2n) is 6.73. The standard InChI is InChI=1S/C24H24N2O2/c1-17-7-5-11-21(23(17)27)15-25-13-19-9-3-4-10-20(19)14-26-16-22-12-6-8-18(2)24(22)28/h3-12,15-16,27-28H,13-14H2,1-2H3. The van der Waals surface area contributed by atoms with Gasteiger partial charge in [-0.3, -0.25) is 9.98 Å². The van der Waals surface area contributed by atoms with Crippen LogP contribution < -0.4 is 0 Å². The zero-order chi connectivity index (χ0) is 19.9. The molecular formula is C24H24N2O2. The molecule has 2 N–H and O–H groups in total. The van der Waals surface area contributed by atoms with Crippen molar-refractivity contribution in [3.05, 3.63) is 94.0 Å². The summed E-state index contributed by atoms with van der Waals surface area (Å²) in [6.07, 6.45) is 3.40. The number of hydrogen-bond acceptors (Lipinski definition) is 4. The molecule has 0 fully saturated rings. The smallest absolute Gasteiger partial charge is 0.127 e. The molecule has 142 valence electrons. The van der Waals surface area contributed by atoms with Crippen LogP contribution in [0.3, 0.4) is 0 Å². The maximum Gasteiger partial charge on any atom is 0.127 e. The average molecular weight is 372 g/mol. The van der Waals surface area contributed by atoms with Crippen molar-refractivity contribution >= 4 is 12.4 Å². The van der Waals surface area contributed by atoms with Crippen molar-refractivity contribution in [2.24, 2.45) is 9.98 Å². The van der Waals surface area contributed by atoms with Crippen LogP contribution in [0.4, 0.5) is 0 Å². The summed E-state index contributed by atoms with van der Waals surface area (Å²) in [5.41, 5.74) is 5.25. The van der Waals surface area contributed by atoms with E-state index in [0.717, 1.165) is 22.3 Å². The van der Waals surface area contributed by atoms with E-state index in [-0.39, 0.29) is 11.5 Å². The van der Waals surface area contributed by atoms with Gasteiger partial charge in [-0.05, 0) is 48.2 Å². The third kappa shape index (κ3) is 4.65. The van der Waals surface area contributed by atoms with Gasteiger partial charge >= 0.3 is 0 Å². The molecule has 3 aromatic rings. The predicted molar refractivity (Wildman–Crippen MR) is 115 cm³/mol. The van der Waals surface area contributed by atoms with Gasteiger partial charge in [0.05, 0.1) is 13.1 Å². The third-order valence-electron chi connectivity index (χ3n) is 4.64. The van der Waals surface area contributed by atoms with Crippen molar-refractivity contribution in [3.63, 3.8) is 0 Å². The predicted octanol–water partition coefficient (Wildman–Crippen LogP) is 4.95. The van der Waals surface area contributed by atoms with Gasteiger partial charge in [0.1, 0.15) is 11.5 Å². The van der Waals surface area contributed by atoms with Crippen LogP contribution in [0.2, 0.25) is 0 Å². The normalized spacial score (nSPS) is 11.5. The first-order valence-corrected chi connectivity index (χ1v) is 9.20. The summed E-state index contributed by atoms with van der Waals surface area (Å²) in [7, 11) is 0. The minimum Gasteiger partial charge on any atom is -0.507 e. The van der Waals surface area contributed by atoms with Gasteiger partial charge in [-0.1, -0.05) is 48.5 Å². The maximum absolute atomic E-state index is 10.1. The maximum atomic E-state index is 10.1. The van der Waals surface area contributed by atoms with E-state index in [4.69, 9.17) is 0 Å². The Morgan fingerprint density at radius 1 is 0.643 bits per heavy atom. The third-order valence-corrected chi connectivity index (χ3v) is 4.64. The van der Waals surface area contributed by atoms with Crippen LogP contribution in [0, 0.1) is 13.8 Å². The molecule has 3 rings (SSSR count). The van der Waals surface area contributed by atoms with Gasteiger partial charge in [0, 0.05) is 23.6 Å². The highest BCUT2D eigenvalue weighted by atomic mass is 16.3. The monoisotopic (exact) mass is 372 g/mol. The summed E-state index contributed by atoms with van der Waals surface area (Å²) in [4.78, 5) is 8.98. The molecule has 28 heavy (non-hydrogen) atoms. The topological polar surface area (TPSA) is 65.2 Å². The number of aryl methyl sites for hydroxylation is 2. The van der Waals surface area contributed by atoms with Gasteiger partial charge in [-0.2, -0.15) is 0 Å². The highest BCUT2D eigenvalue weighted by Gasteiger charge is 2.03. The summed E-state index contributed by atoms with van der Waals surface area (Å²) in [5, 5.41) is 20.2. The lowest BCUT2D eigenvalue weighted by Gasteiger charge is -2.06. The molecule has 0 bridgehead atoms. The van der Waals surface area contributed by atoms with Crippen LogP contribution in [0.25, 0.3) is 0 Å². The number of rotatable bonds is 6. The molecule has 0 aromatic heterocycles. The van der Waals surface area contributed by atoms with Crippen molar-refractivity contribution in [1.82, 2.24) is 0 Å². The molecule has 0 unspecified atom stereocenters. The molecule has 0 aliphatic rings. The van der Waals surface area contributed by atoms with E-state index in [1.54, 1.807) is 12.4 Å². The van der Waals surface area contributed by atoms with Crippen LogP contribution in [0.15, 0.2) is 70.6 Å². The van der Waals surface area contributed by atoms with E-state index in [9.17, 15) is 10.2 Å². The van der Waals surface area contributed by atoms with Crippen LogP contribution in [-0.2, 0) is 13.1 Å². The summed E-state index contributed by atoms with van der Waals surface area (Å²) >= 11 is 0. The molecule has 0 aliphatic heterocycles. The van der Waals surface area contributed by atoms with Gasteiger partial charge in [-0.25, -0.2) is 0 Å². The quantitative estimate of drug-likeness (QED) is 0.601. The second-order valence-corrected chi connectivity index (χ2v) is 6.73. The van der Waals surface area contributed by atoms with Crippen molar-refractivity contribution in [1.29, 1.82) is 0 Å². The molecule has 0 radical (unpaired) electrons. The molecule has 0 amide bonds. The zero-order valence-corrected chi connectivity index (χ0v) is 16.1. The number of aromatic hydroxyl groups is 2. The first-order valence-electron chi connectivity index (χ1n) is 9.20. The van der Waals surface area contributed by atoms with Crippen molar-refractivity contribution < 1.29 is 10.2 Å². The fourth-order valence-electron chi connectivity index (χ4n) is 2.92. The average Bonchev–Trinajstić information content (AvgIpc) is 2.69. The number of benzene rings is 3. The first kappa shape index (κ1) is 19.4. The van der Waals surface area contributed by atoms with Crippen LogP contribution in [0.1, 0.15) is 33.4 Å². The lowest BCUT2D eigenvalue weighted by Crippen LogP contribution is -1.94. The summed E-state index contributed by atoms with van der Waals surface area (Å²) in [6.45, 7) is 4.75. The Morgan fingerprint density at radius 2 is 1.07 bits per heavy atom. The fraction of sp³-hybridized carbons (Fsp3) is 0.167. The minimum absolute atomic E-state index is 0.266. The van der Waals surface area contributed by atoms with E-state index < -0.39 is 0 Å². The highest BCUT2D eigenvalue weighted by Crippen LogP contribution is 2.21. The Bertz CT molecular complexity index is 940. The fourth-order valence-corrected chi connectivity index (χ4v) is 2.92. The first-order chi connectivity index (χ1) is 13.6. The van der Waals surface area contributed by atoms with E-state index in [2.05, 4.69) is 9.98 Å². The summed E-state index contributed by atoms with van der Waals surface area (Å²) in [5.74, 6) is 0.532. The van der Waals surface area contributed by atoms with Gasteiger partial charge in [-0.15, -0.1) is 0 Å². The molecule has 0 aliphatic carbocycles. The van der Waals surface area contributed by atoms with Gasteiger partial charge < -0.3 is 10.2 Å². The lowest BCUT2D eigenvalue weighted by atomic mass is 10.1. The molecule has 4 heteroatoms. The highest BCUT2D eigenvalue weighted by molar-refractivity contribution is 5.84. The molecule has 3 aromatic carbocycles. The zero-order valence-electron chi connectivity index (χ0n) is 16.1. The molecule has 0 saturated heterocycles. The van der Waals surface area contributed by atoms with Crippen LogP contribution in [0.5, 0.6) is 11.5 Å². The largest absolute Gasteiger partial charge is 0.507 e. The lowest BCUT2D eigenvalue weighted by molar-refractivity contribution is 0.470. The van der Waals surface area contributed by atoms with Gasteiger partial charge in [0.25, 0.3) is 0 Å². The molecule has 0 atom stereocenters. The number of hydrogen-bond donors (Lipinski definition) is 2. The Morgan fingerprint density at radius 3 is 1.50 bits per heavy atom. The van der Waals surface area contributed by atoms with E-state index in [1.807, 2.05) is 74.5 Å². The molecule has 0 spiro atoms. The Balaban J connectivity index is 1.71. The molecular weight excluding hydrogens is 348 g/mol. The van der Waals surface area contributed by atoms with Crippen molar-refractivity contribution in [2.75, 3.05) is 0 Å². The van der Waals surface area contributed by atoms with E-state index in [1.165, 1.54) is 0 Å². The number of aliphatic imine (C=N–C) groups is 2. The molecule has 0 heterocycles. The number of phenols is 2. The number of nitrogens with zero attached hydrogens (tertiary/aromatic N) is 2. The molecule has 0 saturated carbocycles. The Labute approximate surface area is 165 Å². The number of phenolic OH excluding ortho intramolecular Hbond substituents is 2. The molecule has 4 nitrogen and oxygen atoms in total. The van der Waals surface area contributed by atoms with Crippen molar-refractivity contribution in [3.8, 4) is 11.5 Å². The SMILES string of the molecule is Cc1cccc(C=NCc2ccccc2CN=Cc2cccc(C)c2O)c1O. The Hall–Kier alpha value is -3.40. The Kier molecular flexibility index (Phi) is 6.22. The van der Waals surface area contributed by atoms with Crippen molar-refractivity contribution in [2.45, 2.75) is 26.9 Å². The second kappa shape index (κ2) is 9.00. The van der Waals surface area contributed by atoms with Gasteiger partial charge in [0.15, 0.2) is 0 Å². The van der Waals surface area contributed by atoms with Gasteiger partial charge in [0.2, 0.25) is 0 Å². The summed E-state index contributed by atoms with van der Waals surface area (Å²) in [6, 6.07) is 19.2. The van der Waals surface area contributed by atoms with Crippen LogP contribution in [-0.4, -0.2) is 22.6 Å². The number of para-hydroxylation sites is 2. The van der Waals surface area contributed by atoms with Crippen LogP contribution >= 0.6 is 0 Å².